The lowest BCUT2D eigenvalue weighted by atomic mass is 10.4. The standard InChI is InChI=1S/C7H9ClN2/c1-10(2)7-3-6(8)4-9-5-7/h3-5H,1-2H3/q+1. The fourth-order valence-corrected chi connectivity index (χ4v) is 0.813. The Morgan fingerprint density at radius 1 is 1.40 bits per heavy atom. The average Bonchev–Trinajstić information content (AvgIpc) is 1.88. The third-order valence-electron chi connectivity index (χ3n) is 1.21. The van der Waals surface area contributed by atoms with Crippen LogP contribution in [0.25, 0.3) is 0 Å². The minimum Gasteiger partial charge on any atom is -0.257 e. The molecule has 3 heteroatoms. The average molecular weight is 157 g/mol. The first-order valence-electron chi connectivity index (χ1n) is 2.98. The molecule has 0 bridgehead atoms. The van der Waals surface area contributed by atoms with Crippen molar-refractivity contribution in [3.63, 3.8) is 0 Å². The van der Waals surface area contributed by atoms with Crippen LogP contribution in [0.1, 0.15) is 0 Å². The molecular weight excluding hydrogens is 148 g/mol. The lowest BCUT2D eigenvalue weighted by Gasteiger charge is -1.97. The topological polar surface area (TPSA) is 18.8 Å². The Balaban J connectivity index is 2.96. The molecule has 0 unspecified atom stereocenters. The highest BCUT2D eigenvalue weighted by molar-refractivity contribution is 6.30. The summed E-state index contributed by atoms with van der Waals surface area (Å²) in [5.41, 5.74) is 1.02. The van der Waals surface area contributed by atoms with Gasteiger partial charge in [-0.05, 0) is 0 Å². The molecule has 1 radical (unpaired) electrons. The van der Waals surface area contributed by atoms with Gasteiger partial charge in [0.1, 0.15) is 14.1 Å². The maximum atomic E-state index is 5.70. The van der Waals surface area contributed by atoms with Gasteiger partial charge in [-0.1, -0.05) is 11.6 Å². The summed E-state index contributed by atoms with van der Waals surface area (Å²) in [4.78, 5) is 5.89. The Kier molecular flexibility index (Phi) is 2.25. The summed E-state index contributed by atoms with van der Waals surface area (Å²) in [5.74, 6) is 0. The molecule has 10 heavy (non-hydrogen) atoms. The maximum Gasteiger partial charge on any atom is 0.200 e. The van der Waals surface area contributed by atoms with Crippen molar-refractivity contribution in [1.82, 2.24) is 9.88 Å². The summed E-state index contributed by atoms with van der Waals surface area (Å²) in [7, 11) is 3.90. The van der Waals surface area contributed by atoms with Gasteiger partial charge in [0.25, 0.3) is 0 Å². The molecule has 53 valence electrons. The number of nitrogens with zero attached hydrogens (tertiary/aromatic N) is 2. The van der Waals surface area contributed by atoms with E-state index in [1.165, 1.54) is 0 Å². The monoisotopic (exact) mass is 156 g/mol. The predicted molar refractivity (Wildman–Crippen MR) is 42.9 cm³/mol. The zero-order valence-corrected chi connectivity index (χ0v) is 6.76. The van der Waals surface area contributed by atoms with E-state index in [2.05, 4.69) is 4.98 Å². The number of rotatable bonds is 1. The third kappa shape index (κ3) is 1.69. The molecule has 0 aliphatic heterocycles. The first-order valence-corrected chi connectivity index (χ1v) is 3.36. The molecule has 0 N–H and O–H groups in total. The van der Waals surface area contributed by atoms with E-state index in [1.54, 1.807) is 12.4 Å². The van der Waals surface area contributed by atoms with E-state index in [1.807, 2.05) is 25.1 Å². The van der Waals surface area contributed by atoms with E-state index in [0.717, 1.165) is 5.69 Å². The van der Waals surface area contributed by atoms with E-state index in [0.29, 0.717) is 5.02 Å². The molecule has 0 aromatic carbocycles. The first kappa shape index (κ1) is 7.51. The minimum atomic E-state index is 0.672. The van der Waals surface area contributed by atoms with Gasteiger partial charge >= 0.3 is 0 Å². The van der Waals surface area contributed by atoms with Crippen LogP contribution in [-0.4, -0.2) is 19.1 Å². The Morgan fingerprint density at radius 2 is 2.10 bits per heavy atom. The Hall–Kier alpha value is -0.600. The SMILES string of the molecule is C[N+](C)c1cncc(Cl)c1. The molecule has 1 aromatic rings. The van der Waals surface area contributed by atoms with Crippen LogP contribution in [0.5, 0.6) is 0 Å². The number of aromatic nitrogens is 1. The van der Waals surface area contributed by atoms with Crippen LogP contribution in [0.2, 0.25) is 5.02 Å². The molecule has 0 aliphatic rings. The normalized spacial score (nSPS) is 10.4. The van der Waals surface area contributed by atoms with Gasteiger partial charge in [-0.3, -0.25) is 4.98 Å². The van der Waals surface area contributed by atoms with Crippen LogP contribution in [-0.2, 0) is 0 Å². The molecule has 0 atom stereocenters. The quantitative estimate of drug-likeness (QED) is 0.567. The zero-order chi connectivity index (χ0) is 7.56. The molecular formula is C7H9ClN2+. The van der Waals surface area contributed by atoms with E-state index < -0.39 is 0 Å². The van der Waals surface area contributed by atoms with E-state index in [9.17, 15) is 0 Å². The van der Waals surface area contributed by atoms with Crippen LogP contribution in [0.15, 0.2) is 18.5 Å². The number of halogens is 1. The van der Waals surface area contributed by atoms with Crippen molar-refractivity contribution in [3.05, 3.63) is 23.5 Å². The molecule has 1 rings (SSSR count). The molecule has 1 aromatic heterocycles. The fraction of sp³-hybridized carbons (Fsp3) is 0.286. The molecule has 0 aliphatic carbocycles. The minimum absolute atomic E-state index is 0.672. The van der Waals surface area contributed by atoms with Crippen LogP contribution in [0.4, 0.5) is 5.69 Å². The van der Waals surface area contributed by atoms with Crippen molar-refractivity contribution in [1.29, 1.82) is 0 Å². The van der Waals surface area contributed by atoms with Crippen molar-refractivity contribution < 1.29 is 0 Å². The summed E-state index contributed by atoms with van der Waals surface area (Å²) in [6, 6.07) is 1.87. The molecule has 1 heterocycles. The molecule has 0 spiro atoms. The van der Waals surface area contributed by atoms with Crippen LogP contribution < -0.4 is 4.90 Å². The van der Waals surface area contributed by atoms with Gasteiger partial charge in [0.2, 0.25) is 0 Å². The fourth-order valence-electron chi connectivity index (χ4n) is 0.645. The number of anilines is 1. The molecule has 0 saturated carbocycles. The van der Waals surface area contributed by atoms with Crippen molar-refractivity contribution in [2.75, 3.05) is 14.1 Å². The third-order valence-corrected chi connectivity index (χ3v) is 1.41. The van der Waals surface area contributed by atoms with Gasteiger partial charge < -0.3 is 0 Å². The van der Waals surface area contributed by atoms with Crippen molar-refractivity contribution in [2.45, 2.75) is 0 Å². The maximum absolute atomic E-state index is 5.70. The van der Waals surface area contributed by atoms with E-state index in [4.69, 9.17) is 11.6 Å². The van der Waals surface area contributed by atoms with Crippen LogP contribution in [0, 0.1) is 0 Å². The molecule has 0 saturated heterocycles. The van der Waals surface area contributed by atoms with Gasteiger partial charge in [0.05, 0.1) is 11.2 Å². The highest BCUT2D eigenvalue weighted by Crippen LogP contribution is 2.14. The highest BCUT2D eigenvalue weighted by atomic mass is 35.5. The summed E-state index contributed by atoms with van der Waals surface area (Å²) in [5, 5.41) is 0.672. The van der Waals surface area contributed by atoms with Crippen LogP contribution in [0.3, 0.4) is 0 Å². The Labute approximate surface area is 65.4 Å². The van der Waals surface area contributed by atoms with Gasteiger partial charge in [0.15, 0.2) is 5.69 Å². The summed E-state index contributed by atoms with van der Waals surface area (Å²) >= 11 is 5.70. The molecule has 0 amide bonds. The van der Waals surface area contributed by atoms with Crippen molar-refractivity contribution in [3.8, 4) is 0 Å². The van der Waals surface area contributed by atoms with Gasteiger partial charge in [0, 0.05) is 12.3 Å². The van der Waals surface area contributed by atoms with Gasteiger partial charge in [-0.25, -0.2) is 0 Å². The van der Waals surface area contributed by atoms with E-state index in [-0.39, 0.29) is 0 Å². The Bertz CT molecular complexity index is 223. The zero-order valence-electron chi connectivity index (χ0n) is 6.00. The second kappa shape index (κ2) is 2.99. The van der Waals surface area contributed by atoms with Crippen LogP contribution >= 0.6 is 11.6 Å². The van der Waals surface area contributed by atoms with Gasteiger partial charge in [-0.15, -0.1) is 4.90 Å². The predicted octanol–water partition coefficient (Wildman–Crippen LogP) is 1.77. The highest BCUT2D eigenvalue weighted by Gasteiger charge is 2.04. The molecule has 2 nitrogen and oxygen atoms in total. The largest absolute Gasteiger partial charge is 0.257 e. The number of hydrogen-bond acceptors (Lipinski definition) is 2. The van der Waals surface area contributed by atoms with Crippen molar-refractivity contribution in [2.24, 2.45) is 0 Å². The summed E-state index contributed by atoms with van der Waals surface area (Å²) in [6.45, 7) is 0. The second-order valence-corrected chi connectivity index (χ2v) is 2.69. The number of hydrogen-bond donors (Lipinski definition) is 0. The molecule has 0 fully saturated rings. The Morgan fingerprint density at radius 3 is 2.50 bits per heavy atom. The lowest BCUT2D eigenvalue weighted by molar-refractivity contribution is 0.758. The van der Waals surface area contributed by atoms with E-state index >= 15 is 0 Å². The lowest BCUT2D eigenvalue weighted by Crippen LogP contribution is -2.10. The van der Waals surface area contributed by atoms with Gasteiger partial charge in [-0.2, -0.15) is 0 Å². The van der Waals surface area contributed by atoms with Crippen molar-refractivity contribution >= 4 is 17.3 Å². The first-order chi connectivity index (χ1) is 4.70. The summed E-state index contributed by atoms with van der Waals surface area (Å²) < 4.78 is 0. The summed E-state index contributed by atoms with van der Waals surface area (Å²) in [6.07, 6.45) is 3.39. The second-order valence-electron chi connectivity index (χ2n) is 2.26. The number of pyridine rings is 1. The smallest absolute Gasteiger partial charge is 0.200 e.